The van der Waals surface area contributed by atoms with Crippen molar-refractivity contribution in [3.8, 4) is 0 Å². The van der Waals surface area contributed by atoms with Crippen molar-refractivity contribution in [1.29, 1.82) is 5.41 Å². The van der Waals surface area contributed by atoms with Crippen LogP contribution < -0.4 is 10.6 Å². The molecule has 2 aromatic rings. The average Bonchev–Trinajstić information content (AvgIpc) is 2.82. The second-order valence-corrected chi connectivity index (χ2v) is 8.79. The van der Waals surface area contributed by atoms with Crippen LogP contribution in [0.4, 0.5) is 13.2 Å². The molecule has 34 heavy (non-hydrogen) atoms. The van der Waals surface area contributed by atoms with Crippen LogP contribution in [0.25, 0.3) is 0 Å². The smallest absolute Gasteiger partial charge is 0.352 e. The number of carbonyl (C=O) groups is 2. The molecule has 0 bridgehead atoms. The van der Waals surface area contributed by atoms with E-state index < -0.39 is 23.6 Å². The molecule has 1 aliphatic rings. The minimum absolute atomic E-state index is 0.167. The highest BCUT2D eigenvalue weighted by Crippen LogP contribution is 2.36. The lowest BCUT2D eigenvalue weighted by molar-refractivity contribution is -0.137. The molecule has 0 spiro atoms. The van der Waals surface area contributed by atoms with Crippen LogP contribution in [0.2, 0.25) is 0 Å². The fraction of sp³-hybridized carbons (Fsp3) is 0.440. The Morgan fingerprint density at radius 2 is 1.79 bits per heavy atom. The third kappa shape index (κ3) is 7.13. The molecule has 1 aromatic heterocycles. The summed E-state index contributed by atoms with van der Waals surface area (Å²) in [6.45, 7) is 1.44. The Bertz CT molecular complexity index is 1000. The molecule has 6 nitrogen and oxygen atoms in total. The van der Waals surface area contributed by atoms with Crippen LogP contribution in [-0.2, 0) is 11.0 Å². The normalized spacial score (nSPS) is 19.2. The molecule has 0 unspecified atom stereocenters. The van der Waals surface area contributed by atoms with Crippen molar-refractivity contribution in [2.45, 2.75) is 57.2 Å². The van der Waals surface area contributed by atoms with Crippen molar-refractivity contribution >= 4 is 17.5 Å². The summed E-state index contributed by atoms with van der Waals surface area (Å²) in [5.74, 6) is -0.530. The van der Waals surface area contributed by atoms with E-state index in [0.717, 1.165) is 43.9 Å². The van der Waals surface area contributed by atoms with Gasteiger partial charge < -0.3 is 16.0 Å². The van der Waals surface area contributed by atoms with Gasteiger partial charge in [0.15, 0.2) is 0 Å². The number of benzene rings is 1. The van der Waals surface area contributed by atoms with Crippen molar-refractivity contribution in [2.75, 3.05) is 6.54 Å². The summed E-state index contributed by atoms with van der Waals surface area (Å²) in [4.78, 5) is 28.4. The van der Waals surface area contributed by atoms with Gasteiger partial charge in [-0.25, -0.2) is 0 Å². The monoisotopic (exact) mass is 474 g/mol. The number of hydrogen-bond donors (Lipinski definition) is 3. The first kappa shape index (κ1) is 25.4. The fourth-order valence-corrected chi connectivity index (χ4v) is 4.38. The summed E-state index contributed by atoms with van der Waals surface area (Å²) in [5.41, 5.74) is 0.799. The third-order valence-corrected chi connectivity index (χ3v) is 6.19. The first-order chi connectivity index (χ1) is 16.1. The number of carbonyl (C=O) groups excluding carboxylic acids is 2. The minimum Gasteiger partial charge on any atom is -0.352 e. The van der Waals surface area contributed by atoms with E-state index in [1.165, 1.54) is 11.6 Å². The van der Waals surface area contributed by atoms with Crippen molar-refractivity contribution in [3.05, 3.63) is 65.5 Å². The first-order valence-corrected chi connectivity index (χ1v) is 11.4. The number of hydrogen-bond acceptors (Lipinski definition) is 4. The maximum Gasteiger partial charge on any atom is 0.416 e. The van der Waals surface area contributed by atoms with Crippen molar-refractivity contribution in [2.24, 2.45) is 5.92 Å². The zero-order chi connectivity index (χ0) is 24.7. The molecule has 1 fully saturated rings. The van der Waals surface area contributed by atoms with Crippen LogP contribution in [0.1, 0.15) is 66.4 Å². The molecule has 3 N–H and O–H groups in total. The van der Waals surface area contributed by atoms with E-state index in [-0.39, 0.29) is 24.1 Å². The standard InChI is InChI=1S/C25H29F3N4O2/c1-16(13-22(29)19-7-5-17(6-8-19)18-9-11-30-12-10-18)32-23(33)15-31-24(34)20-3-2-4-21(14-20)25(26,27)28/h2-4,9-12,14,16-17,19,29H,5-8,13,15H2,1H3,(H,31,34)(H,32,33)/t16-,17?,19?/m1/s1. The molecule has 0 radical (unpaired) electrons. The van der Waals surface area contributed by atoms with Gasteiger partial charge in [-0.3, -0.25) is 14.6 Å². The zero-order valence-electron chi connectivity index (χ0n) is 19.0. The number of amides is 2. The van der Waals surface area contributed by atoms with E-state index >= 15 is 0 Å². The van der Waals surface area contributed by atoms with Crippen LogP contribution in [-0.4, -0.2) is 35.1 Å². The predicted molar refractivity (Wildman–Crippen MR) is 123 cm³/mol. The van der Waals surface area contributed by atoms with E-state index in [2.05, 4.69) is 15.6 Å². The van der Waals surface area contributed by atoms with Crippen LogP contribution in [0.5, 0.6) is 0 Å². The molecule has 1 aromatic carbocycles. The van der Waals surface area contributed by atoms with Gasteiger partial charge in [-0.1, -0.05) is 6.07 Å². The van der Waals surface area contributed by atoms with E-state index in [1.807, 2.05) is 12.1 Å². The lowest BCUT2D eigenvalue weighted by Crippen LogP contribution is -2.42. The van der Waals surface area contributed by atoms with E-state index in [4.69, 9.17) is 5.41 Å². The van der Waals surface area contributed by atoms with Gasteiger partial charge in [0.05, 0.1) is 12.1 Å². The minimum atomic E-state index is -4.55. The molecule has 1 atom stereocenters. The second kappa shape index (κ2) is 11.3. The van der Waals surface area contributed by atoms with E-state index in [0.29, 0.717) is 18.1 Å². The summed E-state index contributed by atoms with van der Waals surface area (Å²) in [7, 11) is 0. The van der Waals surface area contributed by atoms with Gasteiger partial charge in [0.2, 0.25) is 5.91 Å². The van der Waals surface area contributed by atoms with Gasteiger partial charge in [0.25, 0.3) is 5.91 Å². The SMILES string of the molecule is C[C@H](CC(=N)C1CCC(c2ccncc2)CC1)NC(=O)CNC(=O)c1cccc(C(F)(F)F)c1. The number of rotatable bonds is 8. The van der Waals surface area contributed by atoms with Gasteiger partial charge in [-0.15, -0.1) is 0 Å². The van der Waals surface area contributed by atoms with E-state index in [1.54, 1.807) is 19.3 Å². The Balaban J connectivity index is 1.40. The van der Waals surface area contributed by atoms with Crippen molar-refractivity contribution in [1.82, 2.24) is 15.6 Å². The molecule has 1 aliphatic carbocycles. The Hall–Kier alpha value is -3.23. The Morgan fingerprint density at radius 3 is 2.44 bits per heavy atom. The molecule has 3 rings (SSSR count). The highest BCUT2D eigenvalue weighted by atomic mass is 19.4. The van der Waals surface area contributed by atoms with Crippen LogP contribution >= 0.6 is 0 Å². The van der Waals surface area contributed by atoms with Crippen LogP contribution in [0.15, 0.2) is 48.8 Å². The largest absolute Gasteiger partial charge is 0.416 e. The van der Waals surface area contributed by atoms with Gasteiger partial charge >= 0.3 is 6.18 Å². The van der Waals surface area contributed by atoms with Crippen LogP contribution in [0.3, 0.4) is 0 Å². The maximum atomic E-state index is 12.8. The fourth-order valence-electron chi connectivity index (χ4n) is 4.38. The number of nitrogens with one attached hydrogen (secondary N) is 3. The number of alkyl halides is 3. The Labute approximate surface area is 196 Å². The quantitative estimate of drug-likeness (QED) is 0.483. The molecular weight excluding hydrogens is 445 g/mol. The molecule has 1 heterocycles. The number of pyridine rings is 1. The van der Waals surface area contributed by atoms with E-state index in [9.17, 15) is 22.8 Å². The van der Waals surface area contributed by atoms with Crippen molar-refractivity contribution < 1.29 is 22.8 Å². The van der Waals surface area contributed by atoms with Crippen molar-refractivity contribution in [3.63, 3.8) is 0 Å². The highest BCUT2D eigenvalue weighted by Gasteiger charge is 2.31. The number of aromatic nitrogens is 1. The van der Waals surface area contributed by atoms with Gasteiger partial charge in [0.1, 0.15) is 0 Å². The molecule has 1 saturated carbocycles. The molecule has 182 valence electrons. The summed E-state index contributed by atoms with van der Waals surface area (Å²) in [5, 5.41) is 13.5. The molecule has 2 amide bonds. The number of nitrogens with zero attached hydrogens (tertiary/aromatic N) is 1. The predicted octanol–water partition coefficient (Wildman–Crippen LogP) is 4.72. The zero-order valence-corrected chi connectivity index (χ0v) is 19.0. The molecule has 0 saturated heterocycles. The van der Waals surface area contributed by atoms with Gasteiger partial charge in [-0.05, 0) is 80.3 Å². The molecule has 0 aliphatic heterocycles. The number of halogens is 3. The average molecular weight is 475 g/mol. The summed E-state index contributed by atoms with van der Waals surface area (Å²) in [6.07, 6.45) is 3.35. The lowest BCUT2D eigenvalue weighted by atomic mass is 9.76. The van der Waals surface area contributed by atoms with Gasteiger partial charge in [-0.2, -0.15) is 13.2 Å². The molecular formula is C25H29F3N4O2. The summed E-state index contributed by atoms with van der Waals surface area (Å²) < 4.78 is 38.4. The molecule has 9 heteroatoms. The Morgan fingerprint density at radius 1 is 1.12 bits per heavy atom. The third-order valence-electron chi connectivity index (χ3n) is 6.19. The first-order valence-electron chi connectivity index (χ1n) is 11.4. The summed E-state index contributed by atoms with van der Waals surface area (Å²) in [6, 6.07) is 7.83. The lowest BCUT2D eigenvalue weighted by Gasteiger charge is -2.30. The second-order valence-electron chi connectivity index (χ2n) is 8.79. The topological polar surface area (TPSA) is 94.9 Å². The Kier molecular flexibility index (Phi) is 8.41. The summed E-state index contributed by atoms with van der Waals surface area (Å²) >= 11 is 0. The maximum absolute atomic E-state index is 12.8. The highest BCUT2D eigenvalue weighted by molar-refractivity contribution is 5.96. The van der Waals surface area contributed by atoms with Crippen LogP contribution in [0, 0.1) is 11.3 Å². The van der Waals surface area contributed by atoms with Gasteiger partial charge in [0, 0.05) is 36.1 Å².